The molecular weight excluding hydrogens is 402 g/mol. The van der Waals surface area contributed by atoms with Crippen molar-refractivity contribution >= 4 is 27.9 Å². The maximum atomic E-state index is 12.1. The topological polar surface area (TPSA) is 207 Å². The maximum absolute atomic E-state index is 12.1. The quantitative estimate of drug-likeness (QED) is 0.309. The van der Waals surface area contributed by atoms with E-state index in [1.165, 1.54) is 20.8 Å². The van der Waals surface area contributed by atoms with Gasteiger partial charge in [0, 0.05) is 11.4 Å². The van der Waals surface area contributed by atoms with Gasteiger partial charge in [0.15, 0.2) is 0 Å². The fraction of sp³-hybridized carbons (Fsp3) is 0.867. The SMILES string of the molecule is C=O.CCC(CC(C)(CC(CC(C)([O-])CC)P(=O)([O-])[O-])C(=O)[O-])P(=O)([O-])[O-]. The number of carbonyl (C=O) groups excluding carboxylic acids is 2. The Morgan fingerprint density at radius 2 is 1.30 bits per heavy atom. The number of carboxylic acid groups (broad SMARTS) is 1. The van der Waals surface area contributed by atoms with Gasteiger partial charge in [-0.05, 0) is 30.6 Å². The minimum absolute atomic E-state index is 0.0133. The van der Waals surface area contributed by atoms with Crippen molar-refractivity contribution in [2.24, 2.45) is 5.41 Å². The van der Waals surface area contributed by atoms with Crippen molar-refractivity contribution in [3.8, 4) is 0 Å². The number of rotatable bonds is 11. The summed E-state index contributed by atoms with van der Waals surface area (Å²) in [6.45, 7) is 7.10. The lowest BCUT2D eigenvalue weighted by Crippen LogP contribution is -2.49. The summed E-state index contributed by atoms with van der Waals surface area (Å²) in [5.41, 5.74) is -7.16. The third kappa shape index (κ3) is 9.94. The smallest absolute Gasteiger partial charge is 0.106 e. The molecular formula is C15H26O10P2-6. The van der Waals surface area contributed by atoms with Crippen LogP contribution in [0.5, 0.6) is 0 Å². The van der Waals surface area contributed by atoms with Crippen molar-refractivity contribution < 1.29 is 48.5 Å². The van der Waals surface area contributed by atoms with Gasteiger partial charge in [-0.1, -0.05) is 55.7 Å². The molecule has 27 heavy (non-hydrogen) atoms. The van der Waals surface area contributed by atoms with Crippen LogP contribution in [0.2, 0.25) is 0 Å². The average molecular weight is 428 g/mol. The van der Waals surface area contributed by atoms with Gasteiger partial charge in [0.05, 0.1) is 0 Å². The maximum Gasteiger partial charge on any atom is 0.106 e. The van der Waals surface area contributed by atoms with Gasteiger partial charge in [-0.15, -0.1) is 5.60 Å². The molecule has 0 aromatic heterocycles. The number of carbonyl (C=O) groups is 2. The zero-order valence-corrected chi connectivity index (χ0v) is 17.7. The molecule has 0 spiro atoms. The van der Waals surface area contributed by atoms with Crippen molar-refractivity contribution in [3.63, 3.8) is 0 Å². The molecule has 0 aliphatic carbocycles. The Kier molecular flexibility index (Phi) is 11.5. The molecule has 0 amide bonds. The molecule has 0 aromatic rings. The van der Waals surface area contributed by atoms with Gasteiger partial charge in [0.2, 0.25) is 0 Å². The second kappa shape index (κ2) is 10.8. The van der Waals surface area contributed by atoms with Crippen molar-refractivity contribution in [1.29, 1.82) is 0 Å². The standard InChI is InChI=1S/C14H29O9P2.CH2O/c1-5-10(24(18,19)20)7-13(3,12(15)16)8-11(25(21,22)23)9-14(4,17)6-2;1-2/h10-11H,5-9H2,1-4H3,(H,15,16)(H2,18,19,20)(H2,21,22,23);1H2/q-1;/p-5. The lowest BCUT2D eigenvalue weighted by atomic mass is 9.78. The molecule has 0 N–H and O–H groups in total. The highest BCUT2D eigenvalue weighted by Gasteiger charge is 2.35. The molecule has 0 saturated heterocycles. The van der Waals surface area contributed by atoms with E-state index in [1.54, 1.807) is 0 Å². The molecule has 0 aromatic carbocycles. The minimum atomic E-state index is -5.33. The summed E-state index contributed by atoms with van der Waals surface area (Å²) in [7, 11) is -10.5. The highest BCUT2D eigenvalue weighted by molar-refractivity contribution is 7.49. The molecule has 4 unspecified atom stereocenters. The Morgan fingerprint density at radius 1 is 0.926 bits per heavy atom. The van der Waals surface area contributed by atoms with Crippen LogP contribution in [0.25, 0.3) is 0 Å². The normalized spacial score (nSPS) is 19.0. The highest BCUT2D eigenvalue weighted by Crippen LogP contribution is 2.48. The van der Waals surface area contributed by atoms with Gasteiger partial charge in [-0.2, -0.15) is 0 Å². The van der Waals surface area contributed by atoms with Crippen LogP contribution in [0, 0.1) is 5.41 Å². The van der Waals surface area contributed by atoms with E-state index in [0.717, 1.165) is 6.92 Å². The van der Waals surface area contributed by atoms with Gasteiger partial charge in [0.25, 0.3) is 0 Å². The first-order valence-electron chi connectivity index (χ1n) is 8.22. The van der Waals surface area contributed by atoms with E-state index in [-0.39, 0.29) is 12.8 Å². The minimum Gasteiger partial charge on any atom is -0.850 e. The van der Waals surface area contributed by atoms with Crippen LogP contribution in [0.4, 0.5) is 0 Å². The number of hydrogen-bond acceptors (Lipinski definition) is 10. The molecule has 0 aliphatic heterocycles. The molecule has 0 heterocycles. The lowest BCUT2D eigenvalue weighted by molar-refractivity contribution is -0.475. The predicted molar refractivity (Wildman–Crippen MR) is 85.9 cm³/mol. The number of carboxylic acids is 1. The predicted octanol–water partition coefficient (Wildman–Crippen LogP) is -2.77. The van der Waals surface area contributed by atoms with E-state index in [0.29, 0.717) is 0 Å². The zero-order valence-electron chi connectivity index (χ0n) is 15.9. The summed E-state index contributed by atoms with van der Waals surface area (Å²) in [4.78, 5) is 65.1. The van der Waals surface area contributed by atoms with Crippen LogP contribution < -0.4 is 29.8 Å². The van der Waals surface area contributed by atoms with Gasteiger partial charge >= 0.3 is 0 Å². The second-order valence-corrected chi connectivity index (χ2v) is 10.7. The fourth-order valence-electron chi connectivity index (χ4n) is 2.71. The fourth-order valence-corrected chi connectivity index (χ4v) is 5.02. The zero-order chi connectivity index (χ0) is 22.3. The first-order valence-corrected chi connectivity index (χ1v) is 11.4. The van der Waals surface area contributed by atoms with E-state index in [9.17, 15) is 43.7 Å². The van der Waals surface area contributed by atoms with E-state index in [1.807, 2.05) is 6.79 Å². The molecule has 0 saturated carbocycles. The summed E-state index contributed by atoms with van der Waals surface area (Å²) in [5.74, 6) is -1.78. The third-order valence-corrected chi connectivity index (χ3v) is 7.35. The van der Waals surface area contributed by atoms with Crippen LogP contribution >= 0.6 is 15.2 Å². The average Bonchev–Trinajstić information content (AvgIpc) is 2.51. The Labute approximate surface area is 159 Å². The molecule has 0 fully saturated rings. The Balaban J connectivity index is 0. The summed E-state index contributed by atoms with van der Waals surface area (Å²) in [6, 6.07) is 0. The Bertz CT molecular complexity index is 567. The summed E-state index contributed by atoms with van der Waals surface area (Å²) in [6.07, 6.45) is -2.24. The van der Waals surface area contributed by atoms with Crippen LogP contribution in [0.15, 0.2) is 0 Å². The summed E-state index contributed by atoms with van der Waals surface area (Å²) in [5, 5.41) is 23.6. The highest BCUT2D eigenvalue weighted by atomic mass is 31.2. The molecule has 10 nitrogen and oxygen atoms in total. The Hall–Kier alpha value is -0.600. The molecule has 0 rings (SSSR count). The van der Waals surface area contributed by atoms with Crippen molar-refractivity contribution in [3.05, 3.63) is 0 Å². The summed E-state index contributed by atoms with van der Waals surface area (Å²) >= 11 is 0. The van der Waals surface area contributed by atoms with Gasteiger partial charge in [0.1, 0.15) is 6.79 Å². The summed E-state index contributed by atoms with van der Waals surface area (Å²) < 4.78 is 22.8. The number of aliphatic carboxylic acids is 1. The third-order valence-electron chi connectivity index (χ3n) is 4.65. The molecule has 4 atom stereocenters. The second-order valence-electron chi connectivity index (χ2n) is 7.06. The van der Waals surface area contributed by atoms with Gasteiger partial charge in [-0.3, -0.25) is 0 Å². The Morgan fingerprint density at radius 3 is 1.56 bits per heavy atom. The molecule has 0 aliphatic rings. The van der Waals surface area contributed by atoms with Gasteiger partial charge < -0.3 is 48.5 Å². The van der Waals surface area contributed by atoms with E-state index in [2.05, 4.69) is 0 Å². The van der Waals surface area contributed by atoms with Crippen LogP contribution in [0.1, 0.15) is 59.8 Å². The van der Waals surface area contributed by atoms with Gasteiger partial charge in [-0.25, -0.2) is 0 Å². The van der Waals surface area contributed by atoms with E-state index >= 15 is 0 Å². The first-order chi connectivity index (χ1) is 12.0. The molecule has 0 radical (unpaired) electrons. The molecule has 0 bridgehead atoms. The monoisotopic (exact) mass is 428 g/mol. The number of hydrogen-bond donors (Lipinski definition) is 0. The largest absolute Gasteiger partial charge is 0.850 e. The van der Waals surface area contributed by atoms with Crippen molar-refractivity contribution in [2.75, 3.05) is 0 Å². The van der Waals surface area contributed by atoms with Crippen molar-refractivity contribution in [2.45, 2.75) is 76.7 Å². The molecule has 12 heteroatoms. The van der Waals surface area contributed by atoms with Crippen LogP contribution in [-0.2, 0) is 18.7 Å². The van der Waals surface area contributed by atoms with Crippen molar-refractivity contribution in [1.82, 2.24) is 0 Å². The van der Waals surface area contributed by atoms with E-state index < -0.39 is 62.8 Å². The van der Waals surface area contributed by atoms with Crippen LogP contribution in [-0.4, -0.2) is 29.7 Å². The molecule has 162 valence electrons. The lowest BCUT2D eigenvalue weighted by Gasteiger charge is -2.50. The van der Waals surface area contributed by atoms with Crippen LogP contribution in [0.3, 0.4) is 0 Å². The van der Waals surface area contributed by atoms with E-state index in [4.69, 9.17) is 4.79 Å². The first kappa shape index (κ1) is 28.6.